The molecule has 1 aliphatic carbocycles. The van der Waals surface area contributed by atoms with E-state index in [9.17, 15) is 4.79 Å². The fraction of sp³-hybridized carbons (Fsp3) is 0.923. The van der Waals surface area contributed by atoms with Crippen molar-refractivity contribution in [3.05, 3.63) is 0 Å². The minimum Gasteiger partial charge on any atom is -0.465 e. The van der Waals surface area contributed by atoms with Gasteiger partial charge in [0.1, 0.15) is 6.04 Å². The van der Waals surface area contributed by atoms with Crippen molar-refractivity contribution in [2.75, 3.05) is 6.61 Å². The van der Waals surface area contributed by atoms with E-state index >= 15 is 0 Å². The first-order valence-electron chi connectivity index (χ1n) is 6.36. The molecule has 1 aliphatic heterocycles. The zero-order valence-corrected chi connectivity index (χ0v) is 10.7. The van der Waals surface area contributed by atoms with Crippen LogP contribution < -0.4 is 5.32 Å². The normalized spacial score (nSPS) is 37.8. The first kappa shape index (κ1) is 11.9. The quantitative estimate of drug-likeness (QED) is 0.730. The van der Waals surface area contributed by atoms with Gasteiger partial charge in [-0.25, -0.2) is 0 Å². The number of esters is 1. The maximum atomic E-state index is 11.8. The van der Waals surface area contributed by atoms with E-state index in [1.807, 2.05) is 6.92 Å². The van der Waals surface area contributed by atoms with Crippen LogP contribution in [0.2, 0.25) is 0 Å². The number of rotatable bonds is 2. The molecule has 0 aromatic carbocycles. The average molecular weight is 225 g/mol. The Labute approximate surface area is 97.9 Å². The highest BCUT2D eigenvalue weighted by Gasteiger charge is 2.52. The summed E-state index contributed by atoms with van der Waals surface area (Å²) in [6.45, 7) is 9.18. The number of hydrogen-bond donors (Lipinski definition) is 1. The predicted octanol–water partition coefficient (Wildman–Crippen LogP) is 1.96. The summed E-state index contributed by atoms with van der Waals surface area (Å²) in [5, 5.41) is 3.40. The third kappa shape index (κ3) is 1.97. The van der Waals surface area contributed by atoms with Gasteiger partial charge in [0, 0.05) is 6.04 Å². The predicted molar refractivity (Wildman–Crippen MR) is 63.0 cm³/mol. The molecule has 0 aromatic heterocycles. The SMILES string of the molecule is CCOC(=O)[C@@H]1N[C@@H]2CC(C(C)(C)C)[C@@H]1C2. The zero-order chi connectivity index (χ0) is 11.9. The van der Waals surface area contributed by atoms with E-state index < -0.39 is 0 Å². The van der Waals surface area contributed by atoms with Crippen LogP contribution in [0.15, 0.2) is 0 Å². The number of fused-ring (bicyclic) bond motifs is 2. The summed E-state index contributed by atoms with van der Waals surface area (Å²) >= 11 is 0. The van der Waals surface area contributed by atoms with Crippen LogP contribution in [0.3, 0.4) is 0 Å². The summed E-state index contributed by atoms with van der Waals surface area (Å²) in [5.74, 6) is 1.07. The molecule has 4 atom stereocenters. The highest BCUT2D eigenvalue weighted by molar-refractivity contribution is 5.77. The van der Waals surface area contributed by atoms with Gasteiger partial charge in [-0.1, -0.05) is 20.8 Å². The lowest BCUT2D eigenvalue weighted by Gasteiger charge is -2.37. The van der Waals surface area contributed by atoms with Gasteiger partial charge in [-0.2, -0.15) is 0 Å². The Bertz CT molecular complexity index is 282. The zero-order valence-electron chi connectivity index (χ0n) is 10.7. The van der Waals surface area contributed by atoms with Crippen LogP contribution in [0.5, 0.6) is 0 Å². The summed E-state index contributed by atoms with van der Waals surface area (Å²) in [4.78, 5) is 11.8. The van der Waals surface area contributed by atoms with E-state index in [0.717, 1.165) is 6.42 Å². The third-order valence-electron chi connectivity index (χ3n) is 4.11. The van der Waals surface area contributed by atoms with E-state index in [2.05, 4.69) is 26.1 Å². The standard InChI is InChI=1S/C13H23NO2/c1-5-16-12(15)11-9-6-8(14-11)7-10(9)13(2,3)4/h8-11,14H,5-7H2,1-4H3/t8-,9-,10?,11+/m0/s1. The number of carbonyl (C=O) groups excluding carboxylic acids is 1. The van der Waals surface area contributed by atoms with Crippen molar-refractivity contribution < 1.29 is 9.53 Å². The lowest BCUT2D eigenvalue weighted by molar-refractivity contribution is -0.147. The maximum Gasteiger partial charge on any atom is 0.323 e. The molecule has 0 spiro atoms. The molecule has 2 rings (SSSR count). The summed E-state index contributed by atoms with van der Waals surface area (Å²) in [7, 11) is 0. The van der Waals surface area contributed by atoms with Crippen molar-refractivity contribution in [1.29, 1.82) is 0 Å². The average Bonchev–Trinajstić information content (AvgIpc) is 2.75. The first-order valence-corrected chi connectivity index (χ1v) is 6.36. The number of hydrogen-bond acceptors (Lipinski definition) is 3. The molecule has 3 nitrogen and oxygen atoms in total. The van der Waals surface area contributed by atoms with Crippen molar-refractivity contribution in [3.8, 4) is 0 Å². The lowest BCUT2D eigenvalue weighted by atomic mass is 9.72. The molecule has 1 N–H and O–H groups in total. The molecule has 1 saturated heterocycles. The monoisotopic (exact) mass is 225 g/mol. The van der Waals surface area contributed by atoms with E-state index in [0.29, 0.717) is 29.9 Å². The largest absolute Gasteiger partial charge is 0.465 e. The van der Waals surface area contributed by atoms with Gasteiger partial charge in [0.05, 0.1) is 6.61 Å². The molecule has 2 fully saturated rings. The molecular formula is C13H23NO2. The number of nitrogens with one attached hydrogen (secondary N) is 1. The van der Waals surface area contributed by atoms with Gasteiger partial charge in [-0.3, -0.25) is 4.79 Å². The Morgan fingerprint density at radius 3 is 2.56 bits per heavy atom. The van der Waals surface area contributed by atoms with Gasteiger partial charge < -0.3 is 10.1 Å². The molecule has 0 radical (unpaired) electrons. The van der Waals surface area contributed by atoms with Gasteiger partial charge in [-0.05, 0) is 37.0 Å². The van der Waals surface area contributed by atoms with Crippen LogP contribution in [0.1, 0.15) is 40.5 Å². The number of piperidine rings is 1. The smallest absolute Gasteiger partial charge is 0.323 e. The van der Waals surface area contributed by atoms with Crippen LogP contribution >= 0.6 is 0 Å². The maximum absolute atomic E-state index is 11.8. The van der Waals surface area contributed by atoms with E-state index in [4.69, 9.17) is 4.74 Å². The molecule has 16 heavy (non-hydrogen) atoms. The highest BCUT2D eigenvalue weighted by atomic mass is 16.5. The second kappa shape index (κ2) is 4.02. The van der Waals surface area contributed by atoms with Crippen LogP contribution in [0, 0.1) is 17.3 Å². The molecule has 0 aromatic rings. The van der Waals surface area contributed by atoms with E-state index in [1.54, 1.807) is 0 Å². The molecule has 1 saturated carbocycles. The van der Waals surface area contributed by atoms with E-state index in [-0.39, 0.29) is 12.0 Å². The molecule has 92 valence electrons. The van der Waals surface area contributed by atoms with Crippen molar-refractivity contribution in [2.24, 2.45) is 17.3 Å². The second-order valence-electron chi connectivity index (χ2n) is 6.20. The van der Waals surface area contributed by atoms with Gasteiger partial charge in [0.25, 0.3) is 0 Å². The van der Waals surface area contributed by atoms with Crippen LogP contribution in [0.4, 0.5) is 0 Å². The van der Waals surface area contributed by atoms with Crippen molar-refractivity contribution in [3.63, 3.8) is 0 Å². The summed E-state index contributed by atoms with van der Waals surface area (Å²) < 4.78 is 5.14. The molecular weight excluding hydrogens is 202 g/mol. The molecule has 1 heterocycles. The Morgan fingerprint density at radius 1 is 1.38 bits per heavy atom. The fourth-order valence-electron chi connectivity index (χ4n) is 3.42. The summed E-state index contributed by atoms with van der Waals surface area (Å²) in [6.07, 6.45) is 2.36. The number of ether oxygens (including phenoxy) is 1. The Hall–Kier alpha value is -0.570. The lowest BCUT2D eigenvalue weighted by Crippen LogP contribution is -2.48. The summed E-state index contributed by atoms with van der Waals surface area (Å²) in [5.41, 5.74) is 0.298. The van der Waals surface area contributed by atoms with Crippen molar-refractivity contribution in [2.45, 2.75) is 52.6 Å². The van der Waals surface area contributed by atoms with Gasteiger partial charge in [0.15, 0.2) is 0 Å². The fourth-order valence-corrected chi connectivity index (χ4v) is 3.42. The minimum absolute atomic E-state index is 0.0519. The topological polar surface area (TPSA) is 38.3 Å². The third-order valence-corrected chi connectivity index (χ3v) is 4.11. The number of carbonyl (C=O) groups is 1. The second-order valence-corrected chi connectivity index (χ2v) is 6.20. The van der Waals surface area contributed by atoms with Crippen LogP contribution in [-0.4, -0.2) is 24.7 Å². The van der Waals surface area contributed by atoms with Gasteiger partial charge in [0.2, 0.25) is 0 Å². The van der Waals surface area contributed by atoms with E-state index in [1.165, 1.54) is 6.42 Å². The first-order chi connectivity index (χ1) is 7.43. The van der Waals surface area contributed by atoms with Gasteiger partial charge >= 0.3 is 5.97 Å². The van der Waals surface area contributed by atoms with Crippen molar-refractivity contribution >= 4 is 5.97 Å². The van der Waals surface area contributed by atoms with Crippen LogP contribution in [-0.2, 0) is 9.53 Å². The Morgan fingerprint density at radius 2 is 2.06 bits per heavy atom. The minimum atomic E-state index is -0.0528. The van der Waals surface area contributed by atoms with Gasteiger partial charge in [-0.15, -0.1) is 0 Å². The Balaban J connectivity index is 2.07. The Kier molecular flexibility index (Phi) is 2.99. The molecule has 1 unspecified atom stereocenters. The molecule has 2 bridgehead atoms. The molecule has 2 aliphatic rings. The molecule has 3 heteroatoms. The van der Waals surface area contributed by atoms with Crippen LogP contribution in [0.25, 0.3) is 0 Å². The summed E-state index contributed by atoms with van der Waals surface area (Å²) in [6, 6.07) is 0.478. The highest BCUT2D eigenvalue weighted by Crippen LogP contribution is 2.48. The van der Waals surface area contributed by atoms with Crippen molar-refractivity contribution in [1.82, 2.24) is 5.32 Å². The molecule has 0 amide bonds.